The molecule has 1 aromatic carbocycles. The van der Waals surface area contributed by atoms with Crippen molar-refractivity contribution in [1.29, 1.82) is 0 Å². The Labute approximate surface area is 238 Å². The van der Waals surface area contributed by atoms with Crippen LogP contribution >= 0.6 is 23.4 Å². The van der Waals surface area contributed by atoms with E-state index in [1.165, 1.54) is 0 Å². The van der Waals surface area contributed by atoms with Gasteiger partial charge in [-0.25, -0.2) is 14.5 Å². The van der Waals surface area contributed by atoms with Gasteiger partial charge in [-0.15, -0.1) is 5.10 Å². The van der Waals surface area contributed by atoms with Crippen LogP contribution in [0, 0.1) is 5.92 Å². The summed E-state index contributed by atoms with van der Waals surface area (Å²) in [6.45, 7) is 7.81. The van der Waals surface area contributed by atoms with E-state index in [4.69, 9.17) is 21.1 Å². The maximum atomic E-state index is 13.4. The first kappa shape index (κ1) is 27.8. The molecule has 1 unspecified atom stereocenters. The van der Waals surface area contributed by atoms with Crippen LogP contribution in [0.3, 0.4) is 0 Å². The molecule has 0 spiro atoms. The molecule has 3 heterocycles. The van der Waals surface area contributed by atoms with E-state index in [2.05, 4.69) is 15.1 Å². The number of aliphatic hydroxyl groups is 1. The molecule has 1 atom stereocenters. The SMILES string of the molecule is CC1=CCC(C)=Nc2nc(SC3=C(O)CC(CCc4ccc(OC(C)C)c(Cl)c4)(C4CCCC4)OC3=O)nn21. The highest BCUT2D eigenvalue weighted by atomic mass is 35.5. The number of fused-ring (bicyclic) bond motifs is 1. The molecule has 1 aliphatic carbocycles. The Bertz CT molecular complexity index is 1360. The Morgan fingerprint density at radius 2 is 2.05 bits per heavy atom. The predicted molar refractivity (Wildman–Crippen MR) is 154 cm³/mol. The number of aliphatic hydroxyl groups excluding tert-OH is 1. The van der Waals surface area contributed by atoms with Crippen molar-refractivity contribution in [2.24, 2.45) is 10.9 Å². The lowest BCUT2D eigenvalue weighted by atomic mass is 9.77. The van der Waals surface area contributed by atoms with Crippen LogP contribution in [0.15, 0.2) is 45.1 Å². The second-order valence-corrected chi connectivity index (χ2v) is 12.3. The summed E-state index contributed by atoms with van der Waals surface area (Å²) in [5, 5.41) is 16.7. The molecule has 1 saturated carbocycles. The zero-order valence-electron chi connectivity index (χ0n) is 22.9. The Hall–Kier alpha value is -2.78. The average molecular weight is 571 g/mol. The van der Waals surface area contributed by atoms with Gasteiger partial charge in [0.2, 0.25) is 5.16 Å². The Kier molecular flexibility index (Phi) is 8.10. The topological polar surface area (TPSA) is 98.8 Å². The molecule has 1 fully saturated rings. The largest absolute Gasteiger partial charge is 0.511 e. The van der Waals surface area contributed by atoms with Crippen molar-refractivity contribution in [3.8, 4) is 5.75 Å². The zero-order valence-corrected chi connectivity index (χ0v) is 24.4. The van der Waals surface area contributed by atoms with Crippen LogP contribution in [0.1, 0.15) is 78.2 Å². The lowest BCUT2D eigenvalue weighted by Gasteiger charge is -2.41. The van der Waals surface area contributed by atoms with Crippen LogP contribution in [-0.2, 0) is 16.0 Å². The van der Waals surface area contributed by atoms with Gasteiger partial charge in [0.15, 0.2) is 0 Å². The number of carbonyl (C=O) groups is 1. The highest BCUT2D eigenvalue weighted by molar-refractivity contribution is 8.03. The van der Waals surface area contributed by atoms with Crippen LogP contribution in [0.5, 0.6) is 5.75 Å². The number of halogens is 1. The summed E-state index contributed by atoms with van der Waals surface area (Å²) in [5.74, 6) is 0.837. The first-order chi connectivity index (χ1) is 18.6. The number of cyclic esters (lactones) is 1. The molecule has 0 amide bonds. The van der Waals surface area contributed by atoms with Crippen molar-refractivity contribution in [2.45, 2.75) is 95.9 Å². The fourth-order valence-corrected chi connectivity index (χ4v) is 6.60. The molecule has 2 aliphatic heterocycles. The minimum Gasteiger partial charge on any atom is -0.511 e. The minimum atomic E-state index is -0.763. The highest BCUT2D eigenvalue weighted by Crippen LogP contribution is 2.48. The van der Waals surface area contributed by atoms with Gasteiger partial charge in [-0.2, -0.15) is 4.98 Å². The average Bonchev–Trinajstić information content (AvgIpc) is 3.53. The number of hydrogen-bond acceptors (Lipinski definition) is 8. The standard InChI is InChI=1S/C29H35ClN4O4S/c1-17(2)37-24-12-11-20(15-22(24)30)13-14-29(21-7-5-6-8-21)16-23(35)25(26(36)38-29)39-28-32-27-31-18(3)9-10-19(4)34(27)33-28/h10-12,15,17,21,35H,5-9,13-14,16H2,1-4H3. The normalized spacial score (nSPS) is 21.9. The number of aromatic nitrogens is 3. The van der Waals surface area contributed by atoms with Gasteiger partial charge in [0, 0.05) is 24.3 Å². The fraction of sp³-hybridized carbons (Fsp3) is 0.517. The van der Waals surface area contributed by atoms with Gasteiger partial charge < -0.3 is 14.6 Å². The number of hydrogen-bond donors (Lipinski definition) is 1. The molecule has 2 aromatic rings. The molecule has 0 bridgehead atoms. The number of allylic oxidation sites excluding steroid dienone is 2. The monoisotopic (exact) mass is 570 g/mol. The number of aryl methyl sites for hydroxylation is 1. The zero-order chi connectivity index (χ0) is 27.7. The van der Waals surface area contributed by atoms with Crippen LogP contribution in [0.2, 0.25) is 5.02 Å². The number of ether oxygens (including phenoxy) is 2. The third-order valence-corrected chi connectivity index (χ3v) is 8.84. The number of carbonyl (C=O) groups excluding carboxylic acids is 1. The van der Waals surface area contributed by atoms with Gasteiger partial charge in [0.1, 0.15) is 22.0 Å². The Balaban J connectivity index is 1.37. The lowest BCUT2D eigenvalue weighted by Crippen LogP contribution is -2.45. The van der Waals surface area contributed by atoms with Crippen LogP contribution in [0.25, 0.3) is 5.70 Å². The summed E-state index contributed by atoms with van der Waals surface area (Å²) >= 11 is 7.51. The Morgan fingerprint density at radius 1 is 1.28 bits per heavy atom. The van der Waals surface area contributed by atoms with Crippen molar-refractivity contribution in [1.82, 2.24) is 14.8 Å². The van der Waals surface area contributed by atoms with E-state index < -0.39 is 11.6 Å². The molecule has 5 rings (SSSR count). The number of rotatable bonds is 8. The summed E-state index contributed by atoms with van der Waals surface area (Å²) in [5.41, 5.74) is 2.12. The number of esters is 1. The molecular formula is C29H35ClN4O4S. The summed E-state index contributed by atoms with van der Waals surface area (Å²) in [6.07, 6.45) is 8.50. The van der Waals surface area contributed by atoms with Gasteiger partial charge in [-0.3, -0.25) is 0 Å². The molecule has 0 saturated heterocycles. The van der Waals surface area contributed by atoms with E-state index >= 15 is 0 Å². The molecule has 39 heavy (non-hydrogen) atoms. The van der Waals surface area contributed by atoms with E-state index in [0.717, 1.165) is 60.8 Å². The maximum Gasteiger partial charge on any atom is 0.349 e. The van der Waals surface area contributed by atoms with Gasteiger partial charge >= 0.3 is 5.97 Å². The quantitative estimate of drug-likeness (QED) is 0.329. The third kappa shape index (κ3) is 6.04. The molecule has 8 nitrogen and oxygen atoms in total. The van der Waals surface area contributed by atoms with Crippen LogP contribution in [0.4, 0.5) is 5.95 Å². The first-order valence-electron chi connectivity index (χ1n) is 13.6. The molecule has 1 N–H and O–H groups in total. The number of thioether (sulfide) groups is 1. The number of aliphatic imine (C=N–C) groups is 1. The van der Waals surface area contributed by atoms with Crippen molar-refractivity contribution in [3.63, 3.8) is 0 Å². The van der Waals surface area contributed by atoms with E-state index in [-0.39, 0.29) is 29.1 Å². The maximum absolute atomic E-state index is 13.4. The molecule has 3 aliphatic rings. The predicted octanol–water partition coefficient (Wildman–Crippen LogP) is 7.45. The first-order valence-corrected chi connectivity index (χ1v) is 14.8. The van der Waals surface area contributed by atoms with Gasteiger partial charge in [0.05, 0.1) is 11.1 Å². The highest BCUT2D eigenvalue weighted by Gasteiger charge is 2.48. The fourth-order valence-electron chi connectivity index (χ4n) is 5.60. The lowest BCUT2D eigenvalue weighted by molar-refractivity contribution is -0.166. The van der Waals surface area contributed by atoms with E-state index in [1.807, 2.05) is 52.0 Å². The molecule has 208 valence electrons. The van der Waals surface area contributed by atoms with E-state index in [1.54, 1.807) is 4.68 Å². The van der Waals surface area contributed by atoms with Gasteiger partial charge in [0.25, 0.3) is 5.95 Å². The second-order valence-electron chi connectivity index (χ2n) is 10.9. The number of nitrogens with zero attached hydrogens (tertiary/aromatic N) is 4. The van der Waals surface area contributed by atoms with Gasteiger partial charge in [-0.1, -0.05) is 36.6 Å². The summed E-state index contributed by atoms with van der Waals surface area (Å²) in [4.78, 5) is 22.6. The van der Waals surface area contributed by atoms with E-state index in [0.29, 0.717) is 34.7 Å². The van der Waals surface area contributed by atoms with Crippen molar-refractivity contribution in [3.05, 3.63) is 45.5 Å². The van der Waals surface area contributed by atoms with Crippen LogP contribution < -0.4 is 4.74 Å². The summed E-state index contributed by atoms with van der Waals surface area (Å²) < 4.78 is 13.7. The smallest absolute Gasteiger partial charge is 0.349 e. The number of benzene rings is 1. The van der Waals surface area contributed by atoms with Gasteiger partial charge in [-0.05, 0) is 88.8 Å². The molecule has 10 heteroatoms. The minimum absolute atomic E-state index is 0.0344. The molecule has 0 radical (unpaired) electrons. The van der Waals surface area contributed by atoms with Crippen molar-refractivity contribution in [2.75, 3.05) is 0 Å². The molecule has 1 aromatic heterocycles. The van der Waals surface area contributed by atoms with E-state index in [9.17, 15) is 9.90 Å². The summed E-state index contributed by atoms with van der Waals surface area (Å²) in [6, 6.07) is 5.81. The van der Waals surface area contributed by atoms with Crippen molar-refractivity contribution < 1.29 is 19.4 Å². The summed E-state index contributed by atoms with van der Waals surface area (Å²) in [7, 11) is 0. The Morgan fingerprint density at radius 3 is 2.74 bits per heavy atom. The second kappa shape index (κ2) is 11.4. The van der Waals surface area contributed by atoms with Crippen LogP contribution in [-0.4, -0.2) is 43.3 Å². The van der Waals surface area contributed by atoms with Crippen molar-refractivity contribution >= 4 is 46.7 Å². The third-order valence-electron chi connectivity index (χ3n) is 7.59. The molecular weight excluding hydrogens is 536 g/mol.